The number of nitrogens with one attached hydrogen (secondary N) is 2. The standard InChI is InChI=1S/C24H43N5.HI/c1-5-28(6-2)16-10-11-21(3)27-24(25-4)26-19-23-15-18-29(20-23)17-14-22-12-8-7-9-13-22;/h7-9,12-13,21,23H,5-6,10-11,14-20H2,1-4H3,(H2,25,26,27);1H. The first-order valence-electron chi connectivity index (χ1n) is 11.6. The van der Waals surface area contributed by atoms with Crippen LogP contribution in [0.1, 0.15) is 45.6 Å². The number of likely N-dealkylation sites (tertiary alicyclic amines) is 1. The van der Waals surface area contributed by atoms with Crippen molar-refractivity contribution in [2.75, 3.05) is 52.9 Å². The normalized spacial score (nSPS) is 18.3. The number of rotatable bonds is 12. The Morgan fingerprint density at radius 2 is 1.97 bits per heavy atom. The minimum absolute atomic E-state index is 0. The summed E-state index contributed by atoms with van der Waals surface area (Å²) >= 11 is 0. The molecule has 1 aliphatic heterocycles. The van der Waals surface area contributed by atoms with E-state index >= 15 is 0 Å². The van der Waals surface area contributed by atoms with Crippen LogP contribution in [-0.4, -0.2) is 74.7 Å². The van der Waals surface area contributed by atoms with Gasteiger partial charge in [0.1, 0.15) is 0 Å². The van der Waals surface area contributed by atoms with E-state index < -0.39 is 0 Å². The van der Waals surface area contributed by atoms with Gasteiger partial charge in [-0.2, -0.15) is 0 Å². The van der Waals surface area contributed by atoms with E-state index in [1.165, 1.54) is 44.5 Å². The molecule has 1 saturated heterocycles. The van der Waals surface area contributed by atoms with Crippen molar-refractivity contribution >= 4 is 29.9 Å². The Bertz CT molecular complexity index is 576. The van der Waals surface area contributed by atoms with Crippen LogP contribution in [0.15, 0.2) is 35.3 Å². The molecule has 172 valence electrons. The Labute approximate surface area is 202 Å². The molecule has 0 aromatic heterocycles. The highest BCUT2D eigenvalue weighted by Crippen LogP contribution is 2.16. The number of hydrogen-bond acceptors (Lipinski definition) is 3. The zero-order chi connectivity index (χ0) is 20.9. The van der Waals surface area contributed by atoms with Crippen molar-refractivity contribution in [3.8, 4) is 0 Å². The van der Waals surface area contributed by atoms with Gasteiger partial charge in [0.25, 0.3) is 0 Å². The van der Waals surface area contributed by atoms with Gasteiger partial charge >= 0.3 is 0 Å². The molecular formula is C24H44IN5. The number of benzene rings is 1. The van der Waals surface area contributed by atoms with E-state index in [4.69, 9.17) is 0 Å². The van der Waals surface area contributed by atoms with Gasteiger partial charge < -0.3 is 20.4 Å². The van der Waals surface area contributed by atoms with Crippen LogP contribution in [0.5, 0.6) is 0 Å². The average molecular weight is 530 g/mol. The smallest absolute Gasteiger partial charge is 0.191 e. The molecule has 2 unspecified atom stereocenters. The van der Waals surface area contributed by atoms with Gasteiger partial charge in [-0.15, -0.1) is 24.0 Å². The Balaban J connectivity index is 0.00000450. The second-order valence-electron chi connectivity index (χ2n) is 8.36. The fraction of sp³-hybridized carbons (Fsp3) is 0.708. The van der Waals surface area contributed by atoms with E-state index in [1.807, 2.05) is 7.05 Å². The number of halogens is 1. The molecule has 2 N–H and O–H groups in total. The van der Waals surface area contributed by atoms with Crippen LogP contribution in [0, 0.1) is 5.92 Å². The Hall–Kier alpha value is -0.860. The summed E-state index contributed by atoms with van der Waals surface area (Å²) in [5.41, 5.74) is 1.44. The van der Waals surface area contributed by atoms with Gasteiger partial charge in [-0.25, -0.2) is 0 Å². The highest BCUT2D eigenvalue weighted by molar-refractivity contribution is 14.0. The first-order valence-corrected chi connectivity index (χ1v) is 11.6. The lowest BCUT2D eigenvalue weighted by Gasteiger charge is -2.22. The quantitative estimate of drug-likeness (QED) is 0.245. The topological polar surface area (TPSA) is 42.9 Å². The summed E-state index contributed by atoms with van der Waals surface area (Å²) in [6.07, 6.45) is 4.83. The second kappa shape index (κ2) is 15.9. The van der Waals surface area contributed by atoms with Crippen LogP contribution in [-0.2, 0) is 6.42 Å². The molecule has 30 heavy (non-hydrogen) atoms. The molecule has 0 spiro atoms. The monoisotopic (exact) mass is 529 g/mol. The fourth-order valence-corrected chi connectivity index (χ4v) is 4.12. The first-order chi connectivity index (χ1) is 14.1. The molecule has 1 heterocycles. The molecule has 0 amide bonds. The third kappa shape index (κ3) is 10.4. The molecule has 0 radical (unpaired) electrons. The maximum absolute atomic E-state index is 4.43. The molecule has 0 saturated carbocycles. The van der Waals surface area contributed by atoms with Crippen LogP contribution < -0.4 is 10.6 Å². The molecular weight excluding hydrogens is 485 g/mol. The van der Waals surface area contributed by atoms with Gasteiger partial charge in [-0.3, -0.25) is 4.99 Å². The first kappa shape index (κ1) is 27.2. The second-order valence-corrected chi connectivity index (χ2v) is 8.36. The lowest BCUT2D eigenvalue weighted by atomic mass is 10.1. The van der Waals surface area contributed by atoms with Gasteiger partial charge in [0.2, 0.25) is 0 Å². The van der Waals surface area contributed by atoms with Crippen molar-refractivity contribution < 1.29 is 0 Å². The number of hydrogen-bond donors (Lipinski definition) is 2. The van der Waals surface area contributed by atoms with Crippen LogP contribution in [0.3, 0.4) is 0 Å². The maximum Gasteiger partial charge on any atom is 0.191 e. The van der Waals surface area contributed by atoms with Gasteiger partial charge in [0.15, 0.2) is 5.96 Å². The maximum atomic E-state index is 4.43. The predicted molar refractivity (Wildman–Crippen MR) is 141 cm³/mol. The van der Waals surface area contributed by atoms with Crippen LogP contribution >= 0.6 is 24.0 Å². The molecule has 6 heteroatoms. The molecule has 1 aromatic carbocycles. The zero-order valence-electron chi connectivity index (χ0n) is 19.6. The molecule has 2 atom stereocenters. The van der Waals surface area contributed by atoms with Crippen molar-refractivity contribution in [1.29, 1.82) is 0 Å². The van der Waals surface area contributed by atoms with Crippen LogP contribution in [0.2, 0.25) is 0 Å². The third-order valence-electron chi connectivity index (χ3n) is 6.10. The fourth-order valence-electron chi connectivity index (χ4n) is 4.12. The van der Waals surface area contributed by atoms with Gasteiger partial charge in [0.05, 0.1) is 0 Å². The van der Waals surface area contributed by atoms with Crippen molar-refractivity contribution in [2.45, 2.75) is 52.5 Å². The minimum atomic E-state index is 0. The van der Waals surface area contributed by atoms with Gasteiger partial charge in [-0.05, 0) is 70.3 Å². The molecule has 0 bridgehead atoms. The Morgan fingerprint density at radius 1 is 1.23 bits per heavy atom. The van der Waals surface area contributed by atoms with E-state index in [0.29, 0.717) is 12.0 Å². The van der Waals surface area contributed by atoms with E-state index in [1.54, 1.807) is 0 Å². The van der Waals surface area contributed by atoms with E-state index in [9.17, 15) is 0 Å². The van der Waals surface area contributed by atoms with E-state index in [0.717, 1.165) is 38.6 Å². The summed E-state index contributed by atoms with van der Waals surface area (Å²) in [7, 11) is 1.87. The molecule has 1 fully saturated rings. The summed E-state index contributed by atoms with van der Waals surface area (Å²) in [6, 6.07) is 11.3. The number of aliphatic imine (C=N–C) groups is 1. The molecule has 5 nitrogen and oxygen atoms in total. The van der Waals surface area contributed by atoms with Crippen molar-refractivity contribution in [3.05, 3.63) is 35.9 Å². The minimum Gasteiger partial charge on any atom is -0.356 e. The SMILES string of the molecule is CCN(CC)CCCC(C)NC(=NC)NCC1CCN(CCc2ccccc2)C1.I. The Kier molecular flexibility index (Phi) is 14.4. The zero-order valence-corrected chi connectivity index (χ0v) is 21.9. The summed E-state index contributed by atoms with van der Waals surface area (Å²) in [6.45, 7) is 14.8. The van der Waals surface area contributed by atoms with E-state index in [2.05, 4.69) is 76.5 Å². The number of guanidine groups is 1. The van der Waals surface area contributed by atoms with Crippen LogP contribution in [0.4, 0.5) is 0 Å². The summed E-state index contributed by atoms with van der Waals surface area (Å²) < 4.78 is 0. The third-order valence-corrected chi connectivity index (χ3v) is 6.10. The lowest BCUT2D eigenvalue weighted by molar-refractivity contribution is 0.292. The summed E-state index contributed by atoms with van der Waals surface area (Å²) in [5, 5.41) is 7.12. The summed E-state index contributed by atoms with van der Waals surface area (Å²) in [5.74, 6) is 1.66. The molecule has 1 aliphatic rings. The predicted octanol–water partition coefficient (Wildman–Crippen LogP) is 3.84. The molecule has 0 aliphatic carbocycles. The van der Waals surface area contributed by atoms with E-state index in [-0.39, 0.29) is 24.0 Å². The van der Waals surface area contributed by atoms with Crippen molar-refractivity contribution in [1.82, 2.24) is 20.4 Å². The average Bonchev–Trinajstić information content (AvgIpc) is 3.21. The Morgan fingerprint density at radius 3 is 2.63 bits per heavy atom. The molecule has 1 aromatic rings. The van der Waals surface area contributed by atoms with Crippen molar-refractivity contribution in [2.24, 2.45) is 10.9 Å². The van der Waals surface area contributed by atoms with Gasteiger partial charge in [-0.1, -0.05) is 44.2 Å². The highest BCUT2D eigenvalue weighted by atomic mass is 127. The molecule has 2 rings (SSSR count). The van der Waals surface area contributed by atoms with Crippen LogP contribution in [0.25, 0.3) is 0 Å². The summed E-state index contributed by atoms with van der Waals surface area (Å²) in [4.78, 5) is 9.52. The van der Waals surface area contributed by atoms with Gasteiger partial charge in [0, 0.05) is 32.7 Å². The lowest BCUT2D eigenvalue weighted by Crippen LogP contribution is -2.44. The van der Waals surface area contributed by atoms with Crippen molar-refractivity contribution in [3.63, 3.8) is 0 Å². The highest BCUT2D eigenvalue weighted by Gasteiger charge is 2.22. The largest absolute Gasteiger partial charge is 0.356 e. The number of nitrogens with zero attached hydrogens (tertiary/aromatic N) is 3.